The maximum Gasteiger partial charge on any atom is 0.311 e. The van der Waals surface area contributed by atoms with Gasteiger partial charge in [0, 0.05) is 0 Å². The van der Waals surface area contributed by atoms with Gasteiger partial charge in [0.2, 0.25) is 0 Å². The molecule has 0 bridgehead atoms. The van der Waals surface area contributed by atoms with Crippen LogP contribution >= 0.6 is 0 Å². The van der Waals surface area contributed by atoms with Crippen LogP contribution in [0.5, 0.6) is 0 Å². The molecule has 4 nitrogen and oxygen atoms in total. The first-order valence-electron chi connectivity index (χ1n) is 6.28. The van der Waals surface area contributed by atoms with Crippen molar-refractivity contribution in [2.45, 2.75) is 54.9 Å². The minimum absolute atomic E-state index is 0.292. The second kappa shape index (κ2) is 4.90. The zero-order valence-corrected chi connectivity index (χ0v) is 12.5. The van der Waals surface area contributed by atoms with Crippen LogP contribution in [0.1, 0.15) is 54.9 Å². The van der Waals surface area contributed by atoms with Gasteiger partial charge in [-0.25, -0.2) is 0 Å². The fourth-order valence-corrected chi connectivity index (χ4v) is 3.08. The van der Waals surface area contributed by atoms with Crippen molar-refractivity contribution in [1.29, 1.82) is 0 Å². The summed E-state index contributed by atoms with van der Waals surface area (Å²) in [6.45, 7) is 12.5. The van der Waals surface area contributed by atoms with Gasteiger partial charge in [0.15, 0.2) is 0 Å². The van der Waals surface area contributed by atoms with Gasteiger partial charge in [0.1, 0.15) is 0 Å². The zero-order valence-electron chi connectivity index (χ0n) is 12.5. The summed E-state index contributed by atoms with van der Waals surface area (Å²) in [7, 11) is 0. The number of carboxylic acid groups (broad SMARTS) is 2. The van der Waals surface area contributed by atoms with Crippen LogP contribution in [0.4, 0.5) is 0 Å². The first kappa shape index (κ1) is 16.9. The van der Waals surface area contributed by atoms with Gasteiger partial charge in [-0.3, -0.25) is 9.59 Å². The molecule has 0 amide bonds. The van der Waals surface area contributed by atoms with Crippen molar-refractivity contribution in [3.05, 3.63) is 0 Å². The first-order valence-corrected chi connectivity index (χ1v) is 6.28. The minimum atomic E-state index is -1.28. The Kier molecular flexibility index (Phi) is 4.61. The maximum absolute atomic E-state index is 11.8. The van der Waals surface area contributed by atoms with E-state index in [2.05, 4.69) is 0 Å². The zero-order chi connectivity index (χ0) is 14.9. The van der Waals surface area contributed by atoms with Crippen molar-refractivity contribution >= 4 is 11.9 Å². The Morgan fingerprint density at radius 2 is 1.39 bits per heavy atom. The summed E-state index contributed by atoms with van der Waals surface area (Å²) in [6, 6.07) is 0. The molecular formula is C14H26O4. The van der Waals surface area contributed by atoms with Crippen LogP contribution in [0, 0.1) is 22.2 Å². The van der Waals surface area contributed by atoms with E-state index in [1.807, 2.05) is 0 Å². The lowest BCUT2D eigenvalue weighted by atomic mass is 9.52. The molecule has 0 saturated carbocycles. The maximum atomic E-state index is 11.8. The highest BCUT2D eigenvalue weighted by Crippen LogP contribution is 2.53. The molecular weight excluding hydrogens is 232 g/mol. The number of hydrogen-bond acceptors (Lipinski definition) is 2. The molecule has 2 unspecified atom stereocenters. The predicted octanol–water partition coefficient (Wildman–Crippen LogP) is 3.26. The van der Waals surface area contributed by atoms with Crippen molar-refractivity contribution in [3.63, 3.8) is 0 Å². The predicted molar refractivity (Wildman–Crippen MR) is 70.4 cm³/mol. The highest BCUT2D eigenvalue weighted by molar-refractivity contribution is 5.84. The molecule has 0 aliphatic heterocycles. The lowest BCUT2D eigenvalue weighted by Gasteiger charge is -2.49. The highest BCUT2D eigenvalue weighted by atomic mass is 16.4. The molecule has 0 radical (unpaired) electrons. The van der Waals surface area contributed by atoms with E-state index in [-0.39, 0.29) is 0 Å². The second-order valence-corrected chi connectivity index (χ2v) is 7.02. The lowest BCUT2D eigenvalue weighted by molar-refractivity contribution is -0.180. The van der Waals surface area contributed by atoms with Crippen LogP contribution in [0.25, 0.3) is 0 Å². The molecule has 0 heterocycles. The second-order valence-electron chi connectivity index (χ2n) is 7.02. The molecule has 4 heteroatoms. The van der Waals surface area contributed by atoms with Gasteiger partial charge in [-0.05, 0) is 17.3 Å². The summed E-state index contributed by atoms with van der Waals surface area (Å²) in [4.78, 5) is 23.5. The number of carbonyl (C=O) groups is 2. The van der Waals surface area contributed by atoms with Gasteiger partial charge in [-0.15, -0.1) is 0 Å². The normalized spacial score (nSPS) is 17.9. The summed E-state index contributed by atoms with van der Waals surface area (Å²) < 4.78 is 0. The van der Waals surface area contributed by atoms with Gasteiger partial charge in [-0.2, -0.15) is 0 Å². The Hall–Kier alpha value is -1.06. The Morgan fingerprint density at radius 3 is 1.44 bits per heavy atom. The summed E-state index contributed by atoms with van der Waals surface area (Å²) in [6.07, 6.45) is 0.292. The molecule has 0 fully saturated rings. The third kappa shape index (κ3) is 2.68. The Morgan fingerprint density at radius 1 is 1.00 bits per heavy atom. The van der Waals surface area contributed by atoms with Crippen molar-refractivity contribution in [1.82, 2.24) is 0 Å². The average molecular weight is 258 g/mol. The van der Waals surface area contributed by atoms with E-state index in [1.54, 1.807) is 48.5 Å². The van der Waals surface area contributed by atoms with Gasteiger partial charge in [0.25, 0.3) is 0 Å². The Balaban J connectivity index is 6.15. The molecule has 0 rings (SSSR count). The topological polar surface area (TPSA) is 74.6 Å². The van der Waals surface area contributed by atoms with Crippen LogP contribution in [0.2, 0.25) is 0 Å². The molecule has 0 saturated heterocycles. The van der Waals surface area contributed by atoms with Gasteiger partial charge in [0.05, 0.1) is 11.3 Å². The molecule has 0 aromatic carbocycles. The van der Waals surface area contributed by atoms with E-state index < -0.39 is 34.1 Å². The van der Waals surface area contributed by atoms with Crippen LogP contribution in [0.15, 0.2) is 0 Å². The first-order chi connectivity index (χ1) is 7.82. The molecule has 18 heavy (non-hydrogen) atoms. The molecule has 2 atom stereocenters. The monoisotopic (exact) mass is 258 g/mol. The number of hydrogen-bond donors (Lipinski definition) is 2. The van der Waals surface area contributed by atoms with E-state index >= 15 is 0 Å². The molecule has 0 aromatic heterocycles. The van der Waals surface area contributed by atoms with E-state index in [0.717, 1.165) is 0 Å². The SMILES string of the molecule is CCC(C(=O)O)(C(C(=O)O)C(C)(C)C)C(C)(C)C. The van der Waals surface area contributed by atoms with Crippen molar-refractivity contribution in [2.24, 2.45) is 22.2 Å². The molecule has 0 aliphatic rings. The van der Waals surface area contributed by atoms with E-state index in [4.69, 9.17) is 0 Å². The fourth-order valence-electron chi connectivity index (χ4n) is 3.08. The van der Waals surface area contributed by atoms with Crippen molar-refractivity contribution in [2.75, 3.05) is 0 Å². The number of rotatable bonds is 4. The van der Waals surface area contributed by atoms with E-state index in [1.165, 1.54) is 0 Å². The van der Waals surface area contributed by atoms with Crippen LogP contribution in [0.3, 0.4) is 0 Å². The summed E-state index contributed by atoms with van der Waals surface area (Å²) >= 11 is 0. The number of carboxylic acids is 2. The highest BCUT2D eigenvalue weighted by Gasteiger charge is 2.59. The quantitative estimate of drug-likeness (QED) is 0.811. The van der Waals surface area contributed by atoms with Crippen molar-refractivity contribution < 1.29 is 19.8 Å². The molecule has 0 aromatic rings. The van der Waals surface area contributed by atoms with E-state index in [0.29, 0.717) is 6.42 Å². The third-order valence-electron chi connectivity index (χ3n) is 3.88. The summed E-state index contributed by atoms with van der Waals surface area (Å²) in [5, 5.41) is 19.2. The van der Waals surface area contributed by atoms with Crippen LogP contribution < -0.4 is 0 Å². The lowest BCUT2D eigenvalue weighted by Crippen LogP contribution is -2.55. The Bertz CT molecular complexity index is 333. The smallest absolute Gasteiger partial charge is 0.311 e. The average Bonchev–Trinajstić information content (AvgIpc) is 2.07. The molecule has 0 spiro atoms. The third-order valence-corrected chi connectivity index (χ3v) is 3.88. The minimum Gasteiger partial charge on any atom is -0.481 e. The van der Waals surface area contributed by atoms with Crippen LogP contribution in [-0.2, 0) is 9.59 Å². The molecule has 2 N–H and O–H groups in total. The largest absolute Gasteiger partial charge is 0.481 e. The van der Waals surface area contributed by atoms with Gasteiger partial charge in [-0.1, -0.05) is 48.5 Å². The standard InChI is InChI=1S/C14H26O4/c1-8-14(11(17)18,13(5,6)7)9(10(15)16)12(2,3)4/h9H,8H2,1-7H3,(H,15,16)(H,17,18). The fraction of sp³-hybridized carbons (Fsp3) is 0.857. The summed E-state index contributed by atoms with van der Waals surface area (Å²) in [5.74, 6) is -3.01. The number of aliphatic carboxylic acids is 2. The van der Waals surface area contributed by atoms with Crippen LogP contribution in [-0.4, -0.2) is 22.2 Å². The molecule has 0 aliphatic carbocycles. The Labute approximate surface area is 109 Å². The van der Waals surface area contributed by atoms with Gasteiger partial charge < -0.3 is 10.2 Å². The summed E-state index contributed by atoms with van der Waals surface area (Å²) in [5.41, 5.74) is -2.53. The van der Waals surface area contributed by atoms with Gasteiger partial charge >= 0.3 is 11.9 Å². The van der Waals surface area contributed by atoms with Crippen molar-refractivity contribution in [3.8, 4) is 0 Å². The van der Waals surface area contributed by atoms with E-state index in [9.17, 15) is 19.8 Å². The molecule has 106 valence electrons.